The molecule has 0 saturated carbocycles. The second-order valence-electron chi connectivity index (χ2n) is 8.64. The summed E-state index contributed by atoms with van der Waals surface area (Å²) in [6.07, 6.45) is 0. The van der Waals surface area contributed by atoms with E-state index in [2.05, 4.69) is 157 Å². The Morgan fingerprint density at radius 2 is 0.829 bits per heavy atom. The summed E-state index contributed by atoms with van der Waals surface area (Å²) < 4.78 is 0. The van der Waals surface area contributed by atoms with E-state index in [1.807, 2.05) is 0 Å². The molecule has 0 N–H and O–H groups in total. The maximum atomic E-state index is 2.40. The molecule has 6 aromatic rings. The first-order chi connectivity index (χ1) is 17.4. The van der Waals surface area contributed by atoms with E-state index in [1.165, 1.54) is 33.0 Å². The molecule has 0 bridgehead atoms. The van der Waals surface area contributed by atoms with Crippen molar-refractivity contribution in [2.24, 2.45) is 0 Å². The summed E-state index contributed by atoms with van der Waals surface area (Å²) in [4.78, 5) is 2.40. The van der Waals surface area contributed by atoms with Crippen LogP contribution in [-0.2, 0) is 0 Å². The van der Waals surface area contributed by atoms with Gasteiger partial charge in [-0.3, -0.25) is 0 Å². The largest absolute Gasteiger partial charge is 0.309 e. The minimum atomic E-state index is 1.13. The van der Waals surface area contributed by atoms with Gasteiger partial charge in [0.25, 0.3) is 0 Å². The summed E-state index contributed by atoms with van der Waals surface area (Å²) in [5.74, 6) is 0. The highest BCUT2D eigenvalue weighted by Gasteiger charge is 2.20. The summed E-state index contributed by atoms with van der Waals surface area (Å²) in [6.45, 7) is 0. The molecule has 0 radical (unpaired) electrons. The molecule has 0 saturated heterocycles. The minimum Gasteiger partial charge on any atom is -0.309 e. The monoisotopic (exact) mass is 447 g/mol. The van der Waals surface area contributed by atoms with E-state index in [-0.39, 0.29) is 0 Å². The number of hydrogen-bond donors (Lipinski definition) is 0. The Morgan fingerprint density at radius 3 is 1.49 bits per heavy atom. The number of anilines is 3. The van der Waals surface area contributed by atoms with Gasteiger partial charge in [0, 0.05) is 16.8 Å². The second kappa shape index (κ2) is 9.32. The highest BCUT2D eigenvalue weighted by molar-refractivity contribution is 6.00. The van der Waals surface area contributed by atoms with E-state index in [0.717, 1.165) is 17.1 Å². The maximum Gasteiger partial charge on any atom is 0.0546 e. The number of benzene rings is 6. The quantitative estimate of drug-likeness (QED) is 0.254. The number of hydrogen-bond acceptors (Lipinski definition) is 1. The molecule has 0 spiro atoms. The molecular formula is C34H25N. The van der Waals surface area contributed by atoms with E-state index in [9.17, 15) is 0 Å². The fourth-order valence-electron chi connectivity index (χ4n) is 4.78. The number of para-hydroxylation sites is 2. The van der Waals surface area contributed by atoms with Crippen LogP contribution < -0.4 is 4.90 Å². The minimum absolute atomic E-state index is 1.13. The molecule has 0 aliphatic carbocycles. The van der Waals surface area contributed by atoms with Crippen molar-refractivity contribution in [3.63, 3.8) is 0 Å². The van der Waals surface area contributed by atoms with E-state index >= 15 is 0 Å². The van der Waals surface area contributed by atoms with E-state index in [0.29, 0.717) is 0 Å². The van der Waals surface area contributed by atoms with Crippen LogP contribution in [0.15, 0.2) is 152 Å². The Bertz CT molecular complexity index is 1570. The Labute approximate surface area is 206 Å². The van der Waals surface area contributed by atoms with Crippen molar-refractivity contribution in [2.45, 2.75) is 0 Å². The Morgan fingerprint density at radius 1 is 0.343 bits per heavy atom. The lowest BCUT2D eigenvalue weighted by Gasteiger charge is -2.30. The fourth-order valence-corrected chi connectivity index (χ4v) is 4.78. The van der Waals surface area contributed by atoms with Crippen molar-refractivity contribution in [1.82, 2.24) is 0 Å². The van der Waals surface area contributed by atoms with Gasteiger partial charge in [0.2, 0.25) is 0 Å². The molecule has 6 aromatic carbocycles. The van der Waals surface area contributed by atoms with Crippen LogP contribution in [0.5, 0.6) is 0 Å². The predicted octanol–water partition coefficient (Wildman–Crippen LogP) is 9.64. The molecule has 0 heterocycles. The molecule has 35 heavy (non-hydrogen) atoms. The average Bonchev–Trinajstić information content (AvgIpc) is 2.95. The lowest BCUT2D eigenvalue weighted by molar-refractivity contribution is 1.29. The molecule has 0 amide bonds. The Hall–Kier alpha value is -4.62. The van der Waals surface area contributed by atoms with Gasteiger partial charge in [0.1, 0.15) is 0 Å². The van der Waals surface area contributed by atoms with Gasteiger partial charge < -0.3 is 4.90 Å². The second-order valence-corrected chi connectivity index (χ2v) is 8.64. The SMILES string of the molecule is c1ccc(-c2ccccc2N(c2ccccc2)c2cc3ccccc3cc2-c2ccccc2)cc1. The molecule has 0 fully saturated rings. The molecule has 0 aliphatic heterocycles. The molecule has 1 nitrogen and oxygen atoms in total. The topological polar surface area (TPSA) is 3.24 Å². The Balaban J connectivity index is 1.68. The molecule has 6 rings (SSSR count). The van der Waals surface area contributed by atoms with Crippen molar-refractivity contribution < 1.29 is 0 Å². The van der Waals surface area contributed by atoms with Crippen LogP contribution in [0.4, 0.5) is 17.1 Å². The third kappa shape index (κ3) is 4.09. The normalized spacial score (nSPS) is 10.9. The van der Waals surface area contributed by atoms with Gasteiger partial charge in [-0.15, -0.1) is 0 Å². The third-order valence-corrected chi connectivity index (χ3v) is 6.43. The molecule has 0 unspecified atom stereocenters. The van der Waals surface area contributed by atoms with Crippen molar-refractivity contribution >= 4 is 27.8 Å². The van der Waals surface area contributed by atoms with Crippen molar-refractivity contribution in [3.05, 3.63) is 152 Å². The molecule has 0 aromatic heterocycles. The molecule has 166 valence electrons. The summed E-state index contributed by atoms with van der Waals surface area (Å²) in [5.41, 5.74) is 8.24. The standard InChI is InChI=1S/C34H25N/c1-4-14-26(15-5-1)31-22-12-13-23-33(31)35(30-20-8-3-9-21-30)34-25-29-19-11-10-18-28(29)24-32(34)27-16-6-2-7-17-27/h1-25H. The van der Waals surface area contributed by atoms with Gasteiger partial charge in [-0.1, -0.05) is 121 Å². The maximum absolute atomic E-state index is 2.40. The van der Waals surface area contributed by atoms with Crippen LogP contribution >= 0.6 is 0 Å². The first-order valence-electron chi connectivity index (χ1n) is 12.0. The molecule has 1 heteroatoms. The van der Waals surface area contributed by atoms with Gasteiger partial charge in [0.15, 0.2) is 0 Å². The summed E-state index contributed by atoms with van der Waals surface area (Å²) in [7, 11) is 0. The van der Waals surface area contributed by atoms with Crippen LogP contribution in [-0.4, -0.2) is 0 Å². The third-order valence-electron chi connectivity index (χ3n) is 6.43. The smallest absolute Gasteiger partial charge is 0.0546 e. The first-order valence-corrected chi connectivity index (χ1v) is 12.0. The molecule has 0 atom stereocenters. The lowest BCUT2D eigenvalue weighted by atomic mass is 9.96. The number of nitrogens with zero attached hydrogens (tertiary/aromatic N) is 1. The van der Waals surface area contributed by atoms with Crippen molar-refractivity contribution in [2.75, 3.05) is 4.90 Å². The van der Waals surface area contributed by atoms with Crippen LogP contribution in [0.3, 0.4) is 0 Å². The van der Waals surface area contributed by atoms with Crippen LogP contribution in [0.2, 0.25) is 0 Å². The zero-order valence-electron chi connectivity index (χ0n) is 19.4. The Kier molecular flexibility index (Phi) is 5.58. The zero-order chi connectivity index (χ0) is 23.5. The van der Waals surface area contributed by atoms with Gasteiger partial charge in [0.05, 0.1) is 11.4 Å². The highest BCUT2D eigenvalue weighted by Crippen LogP contribution is 2.45. The van der Waals surface area contributed by atoms with Gasteiger partial charge in [-0.25, -0.2) is 0 Å². The molecule has 0 aliphatic rings. The fraction of sp³-hybridized carbons (Fsp3) is 0. The van der Waals surface area contributed by atoms with Crippen molar-refractivity contribution in [3.8, 4) is 22.3 Å². The zero-order valence-corrected chi connectivity index (χ0v) is 19.4. The summed E-state index contributed by atoms with van der Waals surface area (Å²) >= 11 is 0. The van der Waals surface area contributed by atoms with Gasteiger partial charge in [-0.05, 0) is 52.2 Å². The molecular weight excluding hydrogens is 422 g/mol. The number of rotatable bonds is 5. The van der Waals surface area contributed by atoms with E-state index < -0.39 is 0 Å². The van der Waals surface area contributed by atoms with E-state index in [1.54, 1.807) is 0 Å². The summed E-state index contributed by atoms with van der Waals surface area (Å²) in [6, 6.07) is 53.9. The van der Waals surface area contributed by atoms with Crippen LogP contribution in [0.1, 0.15) is 0 Å². The predicted molar refractivity (Wildman–Crippen MR) is 150 cm³/mol. The van der Waals surface area contributed by atoms with Gasteiger partial charge >= 0.3 is 0 Å². The summed E-state index contributed by atoms with van der Waals surface area (Å²) in [5, 5.41) is 2.46. The van der Waals surface area contributed by atoms with Gasteiger partial charge in [-0.2, -0.15) is 0 Å². The highest BCUT2D eigenvalue weighted by atomic mass is 15.1. The lowest BCUT2D eigenvalue weighted by Crippen LogP contribution is -2.12. The van der Waals surface area contributed by atoms with E-state index in [4.69, 9.17) is 0 Å². The average molecular weight is 448 g/mol. The van der Waals surface area contributed by atoms with Crippen molar-refractivity contribution in [1.29, 1.82) is 0 Å². The first kappa shape index (κ1) is 20.9. The van der Waals surface area contributed by atoms with Crippen LogP contribution in [0, 0.1) is 0 Å². The van der Waals surface area contributed by atoms with Crippen LogP contribution in [0.25, 0.3) is 33.0 Å². The number of fused-ring (bicyclic) bond motifs is 1.